The average Bonchev–Trinajstić information content (AvgIpc) is 3.29. The van der Waals surface area contributed by atoms with E-state index in [1.54, 1.807) is 20.4 Å². The van der Waals surface area contributed by atoms with Gasteiger partial charge in [-0.3, -0.25) is 0 Å². The van der Waals surface area contributed by atoms with Crippen LogP contribution in [0.4, 0.5) is 10.5 Å². The van der Waals surface area contributed by atoms with Gasteiger partial charge in [0.25, 0.3) is 0 Å². The third kappa shape index (κ3) is 4.45. The van der Waals surface area contributed by atoms with Crippen LogP contribution in [0.1, 0.15) is 30.1 Å². The van der Waals surface area contributed by atoms with Gasteiger partial charge in [0.05, 0.1) is 20.3 Å². The maximum absolute atomic E-state index is 13.0. The fraction of sp³-hybridized carbons (Fsp3) is 0.292. The van der Waals surface area contributed by atoms with Crippen LogP contribution >= 0.6 is 0 Å². The topological polar surface area (TPSA) is 76.6 Å². The fourth-order valence-electron chi connectivity index (χ4n) is 3.91. The molecule has 1 fully saturated rings. The third-order valence-electron chi connectivity index (χ3n) is 5.50. The van der Waals surface area contributed by atoms with E-state index in [0.29, 0.717) is 12.4 Å². The van der Waals surface area contributed by atoms with Crippen molar-refractivity contribution in [1.82, 2.24) is 14.9 Å². The van der Waals surface area contributed by atoms with Gasteiger partial charge >= 0.3 is 6.03 Å². The highest BCUT2D eigenvalue weighted by Gasteiger charge is 2.32. The quantitative estimate of drug-likeness (QED) is 0.642. The Morgan fingerprint density at radius 2 is 1.90 bits per heavy atom. The van der Waals surface area contributed by atoms with Crippen molar-refractivity contribution in [2.45, 2.75) is 25.8 Å². The van der Waals surface area contributed by atoms with E-state index in [0.717, 1.165) is 46.8 Å². The molecule has 7 nitrogen and oxygen atoms in total. The minimum Gasteiger partial charge on any atom is -0.497 e. The van der Waals surface area contributed by atoms with Gasteiger partial charge in [-0.15, -0.1) is 0 Å². The van der Waals surface area contributed by atoms with Crippen molar-refractivity contribution in [2.75, 3.05) is 26.1 Å². The number of hydrogen-bond donors (Lipinski definition) is 1. The number of carbonyl (C=O) groups is 1. The lowest BCUT2D eigenvalue weighted by atomic mass is 10.0. The van der Waals surface area contributed by atoms with Gasteiger partial charge in [-0.1, -0.05) is 0 Å². The standard InChI is InChI=1S/C24H26N4O3/c1-16-12-13-25-23(26-16)17-6-8-18(9-7-17)27-24(29)28-14-4-5-21(28)20-11-10-19(30-2)15-22(20)31-3/h6-13,15,21H,4-5,14H2,1-3H3,(H,27,29). The van der Waals surface area contributed by atoms with Gasteiger partial charge in [-0.2, -0.15) is 0 Å². The van der Waals surface area contributed by atoms with Crippen molar-refractivity contribution in [3.05, 3.63) is 66.0 Å². The fourth-order valence-corrected chi connectivity index (χ4v) is 3.91. The van der Waals surface area contributed by atoms with Gasteiger partial charge in [0.1, 0.15) is 11.5 Å². The maximum atomic E-state index is 13.0. The van der Waals surface area contributed by atoms with Gasteiger partial charge in [-0.05, 0) is 62.2 Å². The zero-order chi connectivity index (χ0) is 21.8. The zero-order valence-electron chi connectivity index (χ0n) is 18.0. The molecule has 2 heterocycles. The maximum Gasteiger partial charge on any atom is 0.322 e. The van der Waals surface area contributed by atoms with Gasteiger partial charge < -0.3 is 19.7 Å². The number of nitrogens with one attached hydrogen (secondary N) is 1. The largest absolute Gasteiger partial charge is 0.497 e. The van der Waals surface area contributed by atoms with Crippen LogP contribution in [0, 0.1) is 6.92 Å². The minimum atomic E-state index is -0.125. The zero-order valence-corrected chi connectivity index (χ0v) is 18.0. The lowest BCUT2D eigenvalue weighted by Gasteiger charge is -2.26. The molecule has 0 saturated carbocycles. The second-order valence-corrected chi connectivity index (χ2v) is 7.49. The van der Waals surface area contributed by atoms with E-state index in [2.05, 4.69) is 15.3 Å². The van der Waals surface area contributed by atoms with E-state index in [9.17, 15) is 4.79 Å². The molecule has 1 aliphatic rings. The predicted molar refractivity (Wildman–Crippen MR) is 119 cm³/mol. The van der Waals surface area contributed by atoms with E-state index in [1.165, 1.54) is 0 Å². The van der Waals surface area contributed by atoms with Gasteiger partial charge in [-0.25, -0.2) is 14.8 Å². The Morgan fingerprint density at radius 3 is 2.61 bits per heavy atom. The Labute approximate surface area is 182 Å². The van der Waals surface area contributed by atoms with Gasteiger partial charge in [0.15, 0.2) is 5.82 Å². The summed E-state index contributed by atoms with van der Waals surface area (Å²) in [7, 11) is 3.26. The van der Waals surface area contributed by atoms with Crippen molar-refractivity contribution >= 4 is 11.7 Å². The summed E-state index contributed by atoms with van der Waals surface area (Å²) < 4.78 is 10.9. The molecule has 2 aromatic carbocycles. The third-order valence-corrected chi connectivity index (χ3v) is 5.50. The molecule has 3 aromatic rings. The Balaban J connectivity index is 1.49. The summed E-state index contributed by atoms with van der Waals surface area (Å²) in [5.74, 6) is 2.13. The number of anilines is 1. The Kier molecular flexibility index (Phi) is 6.02. The number of benzene rings is 2. The summed E-state index contributed by atoms with van der Waals surface area (Å²) in [6.07, 6.45) is 3.57. The van der Waals surface area contributed by atoms with E-state index in [1.807, 2.05) is 60.4 Å². The van der Waals surface area contributed by atoms with Crippen LogP contribution in [0.3, 0.4) is 0 Å². The van der Waals surface area contributed by atoms with Crippen molar-refractivity contribution in [3.8, 4) is 22.9 Å². The molecule has 1 aromatic heterocycles. The summed E-state index contributed by atoms with van der Waals surface area (Å²) in [5.41, 5.74) is 3.54. The van der Waals surface area contributed by atoms with Crippen LogP contribution < -0.4 is 14.8 Å². The number of rotatable bonds is 5. The minimum absolute atomic E-state index is 0.0409. The van der Waals surface area contributed by atoms with Gasteiger partial charge in [0.2, 0.25) is 0 Å². The van der Waals surface area contributed by atoms with Crippen molar-refractivity contribution in [2.24, 2.45) is 0 Å². The molecule has 1 aliphatic heterocycles. The number of aryl methyl sites for hydroxylation is 1. The van der Waals surface area contributed by atoms with Crippen LogP contribution in [-0.2, 0) is 0 Å². The Hall–Kier alpha value is -3.61. The molecule has 0 radical (unpaired) electrons. The lowest BCUT2D eigenvalue weighted by Crippen LogP contribution is -2.34. The van der Waals surface area contributed by atoms with E-state index in [-0.39, 0.29) is 12.1 Å². The number of urea groups is 1. The van der Waals surface area contributed by atoms with Crippen LogP contribution in [0.15, 0.2) is 54.7 Å². The first-order valence-electron chi connectivity index (χ1n) is 10.3. The molecule has 7 heteroatoms. The molecule has 160 valence electrons. The van der Waals surface area contributed by atoms with Crippen molar-refractivity contribution < 1.29 is 14.3 Å². The average molecular weight is 418 g/mol. The highest BCUT2D eigenvalue weighted by Crippen LogP contribution is 2.39. The molecule has 1 unspecified atom stereocenters. The number of methoxy groups -OCH3 is 2. The highest BCUT2D eigenvalue weighted by molar-refractivity contribution is 5.90. The smallest absolute Gasteiger partial charge is 0.322 e. The van der Waals surface area contributed by atoms with E-state index in [4.69, 9.17) is 9.47 Å². The monoisotopic (exact) mass is 418 g/mol. The van der Waals surface area contributed by atoms with Crippen LogP contribution in [0.5, 0.6) is 11.5 Å². The number of ether oxygens (including phenoxy) is 2. The van der Waals surface area contributed by atoms with E-state index >= 15 is 0 Å². The summed E-state index contributed by atoms with van der Waals surface area (Å²) >= 11 is 0. The number of aromatic nitrogens is 2. The van der Waals surface area contributed by atoms with E-state index < -0.39 is 0 Å². The second-order valence-electron chi connectivity index (χ2n) is 7.49. The molecule has 4 rings (SSSR count). The summed E-state index contributed by atoms with van der Waals surface area (Å²) in [6.45, 7) is 2.63. The second kappa shape index (κ2) is 9.04. The number of carbonyl (C=O) groups excluding carboxylic acids is 1. The first-order chi connectivity index (χ1) is 15.1. The first-order valence-corrected chi connectivity index (χ1v) is 10.3. The molecular formula is C24H26N4O3. The van der Waals surface area contributed by atoms with Crippen LogP contribution in [0.25, 0.3) is 11.4 Å². The molecule has 2 amide bonds. The SMILES string of the molecule is COc1ccc(C2CCCN2C(=O)Nc2ccc(-c3nccc(C)n3)cc2)c(OC)c1. The first kappa shape index (κ1) is 20.7. The number of hydrogen-bond acceptors (Lipinski definition) is 5. The highest BCUT2D eigenvalue weighted by atomic mass is 16.5. The van der Waals surface area contributed by atoms with Gasteiger partial charge in [0, 0.05) is 41.3 Å². The predicted octanol–water partition coefficient (Wildman–Crippen LogP) is 4.84. The summed E-state index contributed by atoms with van der Waals surface area (Å²) in [5, 5.41) is 3.01. The molecule has 0 aliphatic carbocycles. The molecule has 1 N–H and O–H groups in total. The number of amides is 2. The molecular weight excluding hydrogens is 392 g/mol. The molecule has 1 atom stereocenters. The van der Waals surface area contributed by atoms with Crippen molar-refractivity contribution in [1.29, 1.82) is 0 Å². The molecule has 31 heavy (non-hydrogen) atoms. The molecule has 0 spiro atoms. The Bertz CT molecular complexity index is 1070. The van der Waals surface area contributed by atoms with Crippen LogP contribution in [-0.4, -0.2) is 41.7 Å². The number of nitrogens with zero attached hydrogens (tertiary/aromatic N) is 3. The lowest BCUT2D eigenvalue weighted by molar-refractivity contribution is 0.206. The Morgan fingerprint density at radius 1 is 1.10 bits per heavy atom. The normalized spacial score (nSPS) is 15.6. The van der Waals surface area contributed by atoms with Crippen molar-refractivity contribution in [3.63, 3.8) is 0 Å². The van der Waals surface area contributed by atoms with Crippen LogP contribution in [0.2, 0.25) is 0 Å². The summed E-state index contributed by atoms with van der Waals surface area (Å²) in [4.78, 5) is 23.7. The summed E-state index contributed by atoms with van der Waals surface area (Å²) in [6, 6.07) is 15.0. The molecule has 1 saturated heterocycles. The molecule has 0 bridgehead atoms. The number of likely N-dealkylation sites (tertiary alicyclic amines) is 1.